The Morgan fingerprint density at radius 1 is 1.26 bits per heavy atom. The normalized spacial score (nSPS) is 10.5. The van der Waals surface area contributed by atoms with Crippen LogP contribution >= 0.6 is 0 Å². The molecule has 0 aromatic heterocycles. The fourth-order valence-electron chi connectivity index (χ4n) is 1.57. The first-order valence-corrected chi connectivity index (χ1v) is 5.85. The molecule has 0 saturated carbocycles. The van der Waals surface area contributed by atoms with Crippen LogP contribution in [0.2, 0.25) is 0 Å². The van der Waals surface area contributed by atoms with Crippen molar-refractivity contribution in [2.24, 2.45) is 0 Å². The van der Waals surface area contributed by atoms with Crippen molar-refractivity contribution in [1.82, 2.24) is 4.90 Å². The SMILES string of the molecule is COCCN(CCOC)C(=O)c1cc(F)ccc1O. The molecule has 6 heteroatoms. The van der Waals surface area contributed by atoms with Crippen LogP contribution in [0.15, 0.2) is 18.2 Å². The number of phenols is 1. The van der Waals surface area contributed by atoms with Crippen molar-refractivity contribution in [2.45, 2.75) is 0 Å². The number of nitrogens with zero attached hydrogens (tertiary/aromatic N) is 1. The molecule has 1 aromatic rings. The number of hydrogen-bond donors (Lipinski definition) is 1. The molecule has 1 rings (SSSR count). The molecule has 1 N–H and O–H groups in total. The molecule has 0 aliphatic heterocycles. The Bertz CT molecular complexity index is 417. The fraction of sp³-hybridized carbons (Fsp3) is 0.462. The summed E-state index contributed by atoms with van der Waals surface area (Å²) in [7, 11) is 3.05. The minimum Gasteiger partial charge on any atom is -0.507 e. The van der Waals surface area contributed by atoms with Crippen LogP contribution in [0.5, 0.6) is 5.75 Å². The molecule has 0 aliphatic rings. The van der Waals surface area contributed by atoms with E-state index in [-0.39, 0.29) is 11.3 Å². The Labute approximate surface area is 111 Å². The summed E-state index contributed by atoms with van der Waals surface area (Å²) in [6.07, 6.45) is 0. The number of carbonyl (C=O) groups is 1. The van der Waals surface area contributed by atoms with Crippen LogP contribution in [0.4, 0.5) is 4.39 Å². The van der Waals surface area contributed by atoms with Gasteiger partial charge >= 0.3 is 0 Å². The third kappa shape index (κ3) is 4.50. The van der Waals surface area contributed by atoms with E-state index in [2.05, 4.69) is 0 Å². The minimum atomic E-state index is -0.570. The Morgan fingerprint density at radius 2 is 1.84 bits per heavy atom. The van der Waals surface area contributed by atoms with Crippen molar-refractivity contribution in [3.63, 3.8) is 0 Å². The van der Waals surface area contributed by atoms with Gasteiger partial charge in [0, 0.05) is 27.3 Å². The second kappa shape index (κ2) is 7.70. The van der Waals surface area contributed by atoms with E-state index < -0.39 is 11.7 Å². The molecule has 0 fully saturated rings. The number of ether oxygens (including phenoxy) is 2. The van der Waals surface area contributed by atoms with Gasteiger partial charge in [0.15, 0.2) is 0 Å². The summed E-state index contributed by atoms with van der Waals surface area (Å²) in [5.41, 5.74) is -0.0628. The van der Waals surface area contributed by atoms with Gasteiger partial charge in [-0.25, -0.2) is 4.39 Å². The third-order valence-electron chi connectivity index (χ3n) is 2.61. The first-order chi connectivity index (χ1) is 9.10. The number of phenolic OH excluding ortho intramolecular Hbond substituents is 1. The Kier molecular flexibility index (Phi) is 6.24. The maximum Gasteiger partial charge on any atom is 0.257 e. The lowest BCUT2D eigenvalue weighted by atomic mass is 10.1. The smallest absolute Gasteiger partial charge is 0.257 e. The number of rotatable bonds is 7. The molecule has 0 heterocycles. The zero-order valence-corrected chi connectivity index (χ0v) is 11.1. The number of halogens is 1. The van der Waals surface area contributed by atoms with E-state index in [4.69, 9.17) is 9.47 Å². The summed E-state index contributed by atoms with van der Waals surface area (Å²) in [6.45, 7) is 1.39. The van der Waals surface area contributed by atoms with Crippen molar-refractivity contribution < 1.29 is 23.8 Å². The molecule has 106 valence electrons. The summed E-state index contributed by atoms with van der Waals surface area (Å²) in [6, 6.07) is 3.28. The van der Waals surface area contributed by atoms with Crippen LogP contribution in [0.25, 0.3) is 0 Å². The summed E-state index contributed by atoms with van der Waals surface area (Å²) in [4.78, 5) is 13.7. The number of amides is 1. The second-order valence-corrected chi connectivity index (χ2v) is 3.94. The monoisotopic (exact) mass is 271 g/mol. The van der Waals surface area contributed by atoms with E-state index in [0.717, 1.165) is 18.2 Å². The average Bonchev–Trinajstić information content (AvgIpc) is 2.41. The van der Waals surface area contributed by atoms with Gasteiger partial charge in [0.1, 0.15) is 11.6 Å². The molecule has 0 radical (unpaired) electrons. The van der Waals surface area contributed by atoms with Crippen molar-refractivity contribution >= 4 is 5.91 Å². The maximum atomic E-state index is 13.1. The predicted molar refractivity (Wildman–Crippen MR) is 67.7 cm³/mol. The van der Waals surface area contributed by atoms with Crippen LogP contribution in [0, 0.1) is 5.82 Å². The average molecular weight is 271 g/mol. The molecule has 1 amide bonds. The molecule has 0 aliphatic carbocycles. The zero-order chi connectivity index (χ0) is 14.3. The molecule has 19 heavy (non-hydrogen) atoms. The highest BCUT2D eigenvalue weighted by Crippen LogP contribution is 2.19. The summed E-state index contributed by atoms with van der Waals surface area (Å²) in [5, 5.41) is 9.63. The van der Waals surface area contributed by atoms with Crippen LogP contribution in [0.1, 0.15) is 10.4 Å². The number of methoxy groups -OCH3 is 2. The van der Waals surface area contributed by atoms with E-state index >= 15 is 0 Å². The largest absolute Gasteiger partial charge is 0.507 e. The van der Waals surface area contributed by atoms with Gasteiger partial charge in [-0.2, -0.15) is 0 Å². The standard InChI is InChI=1S/C13H18FNO4/c1-18-7-5-15(6-8-19-2)13(17)11-9-10(14)3-4-12(11)16/h3-4,9,16H,5-8H2,1-2H3. The van der Waals surface area contributed by atoms with Crippen LogP contribution in [-0.4, -0.2) is 56.4 Å². The molecule has 0 saturated heterocycles. The Hall–Kier alpha value is -1.66. The topological polar surface area (TPSA) is 59.0 Å². The van der Waals surface area contributed by atoms with Gasteiger partial charge in [0.05, 0.1) is 18.8 Å². The highest BCUT2D eigenvalue weighted by Gasteiger charge is 2.19. The van der Waals surface area contributed by atoms with Gasteiger partial charge < -0.3 is 19.5 Å². The van der Waals surface area contributed by atoms with Crippen molar-refractivity contribution in [1.29, 1.82) is 0 Å². The molecular weight excluding hydrogens is 253 g/mol. The van der Waals surface area contributed by atoms with Crippen molar-refractivity contribution in [3.05, 3.63) is 29.6 Å². The number of hydrogen-bond acceptors (Lipinski definition) is 4. The van der Waals surface area contributed by atoms with Gasteiger partial charge in [0.2, 0.25) is 0 Å². The molecule has 0 spiro atoms. The summed E-state index contributed by atoms with van der Waals surface area (Å²) >= 11 is 0. The third-order valence-corrected chi connectivity index (χ3v) is 2.61. The molecule has 0 unspecified atom stereocenters. The fourth-order valence-corrected chi connectivity index (χ4v) is 1.57. The van der Waals surface area contributed by atoms with Crippen LogP contribution in [-0.2, 0) is 9.47 Å². The van der Waals surface area contributed by atoms with E-state index in [1.165, 1.54) is 19.1 Å². The first-order valence-electron chi connectivity index (χ1n) is 5.85. The zero-order valence-electron chi connectivity index (χ0n) is 11.1. The summed E-state index contributed by atoms with van der Waals surface area (Å²) in [5.74, 6) is -1.27. The van der Waals surface area contributed by atoms with E-state index in [1.807, 2.05) is 0 Å². The van der Waals surface area contributed by atoms with Gasteiger partial charge in [-0.1, -0.05) is 0 Å². The van der Waals surface area contributed by atoms with Gasteiger partial charge in [-0.3, -0.25) is 4.79 Å². The number of aromatic hydroxyl groups is 1. The molecule has 1 aromatic carbocycles. The lowest BCUT2D eigenvalue weighted by molar-refractivity contribution is 0.0624. The Morgan fingerprint density at radius 3 is 2.37 bits per heavy atom. The lowest BCUT2D eigenvalue weighted by Gasteiger charge is -2.22. The van der Waals surface area contributed by atoms with Crippen molar-refractivity contribution in [2.75, 3.05) is 40.5 Å². The van der Waals surface area contributed by atoms with Gasteiger partial charge in [0.25, 0.3) is 5.91 Å². The number of carbonyl (C=O) groups excluding carboxylic acids is 1. The van der Waals surface area contributed by atoms with Crippen LogP contribution < -0.4 is 0 Å². The first kappa shape index (κ1) is 15.4. The van der Waals surface area contributed by atoms with Crippen LogP contribution in [0.3, 0.4) is 0 Å². The quantitative estimate of drug-likeness (QED) is 0.811. The van der Waals surface area contributed by atoms with Gasteiger partial charge in [-0.15, -0.1) is 0 Å². The molecule has 0 atom stereocenters. The van der Waals surface area contributed by atoms with E-state index in [1.54, 1.807) is 0 Å². The molecule has 5 nitrogen and oxygen atoms in total. The maximum absolute atomic E-state index is 13.1. The minimum absolute atomic E-state index is 0.0628. The predicted octanol–water partition coefficient (Wildman–Crippen LogP) is 1.27. The van der Waals surface area contributed by atoms with E-state index in [9.17, 15) is 14.3 Å². The molecule has 0 bridgehead atoms. The highest BCUT2D eigenvalue weighted by atomic mass is 19.1. The number of benzene rings is 1. The van der Waals surface area contributed by atoms with E-state index in [0.29, 0.717) is 26.3 Å². The summed E-state index contributed by atoms with van der Waals surface area (Å²) < 4.78 is 23.0. The lowest BCUT2D eigenvalue weighted by Crippen LogP contribution is -2.36. The highest BCUT2D eigenvalue weighted by molar-refractivity contribution is 5.96. The molecular formula is C13H18FNO4. The Balaban J connectivity index is 2.87. The second-order valence-electron chi connectivity index (χ2n) is 3.94. The van der Waals surface area contributed by atoms with Crippen molar-refractivity contribution in [3.8, 4) is 5.75 Å². The van der Waals surface area contributed by atoms with Gasteiger partial charge in [-0.05, 0) is 18.2 Å².